The van der Waals surface area contributed by atoms with Gasteiger partial charge in [0.1, 0.15) is 0 Å². The minimum atomic E-state index is 0.817. The smallest absolute Gasteiger partial charge is 0.0747 e. The molecule has 8 heavy (non-hydrogen) atoms. The predicted octanol–water partition coefficient (Wildman–Crippen LogP) is 0.421. The molecule has 0 saturated heterocycles. The second kappa shape index (κ2) is 4.49. The second-order valence-corrected chi connectivity index (χ2v) is 2.95. The van der Waals surface area contributed by atoms with E-state index in [0.29, 0.717) is 0 Å². The molecule has 3 nitrogen and oxygen atoms in total. The van der Waals surface area contributed by atoms with E-state index in [4.69, 9.17) is 5.84 Å². The summed E-state index contributed by atoms with van der Waals surface area (Å²) in [4.78, 5) is 2.12. The molecule has 0 rings (SSSR count). The van der Waals surface area contributed by atoms with Gasteiger partial charge in [0.2, 0.25) is 0 Å². The van der Waals surface area contributed by atoms with Crippen LogP contribution in [0.25, 0.3) is 0 Å². The molecule has 0 spiro atoms. The summed E-state index contributed by atoms with van der Waals surface area (Å²) in [5.74, 6) is 5.35. The van der Waals surface area contributed by atoms with Gasteiger partial charge in [-0.15, -0.1) is 0 Å². The maximum atomic E-state index is 5.35. The molecule has 0 aromatic rings. The highest BCUT2D eigenvalue weighted by atomic mass is 127. The molecule has 0 unspecified atom stereocenters. The monoisotopic (exact) mass is 229 g/mol. The fourth-order valence-electron chi connectivity index (χ4n) is 0.331. The maximum Gasteiger partial charge on any atom is 0.0747 e. The Labute approximate surface area is 64.3 Å². The largest absolute Gasteiger partial charge is 0.292 e. The number of rotatable bonds is 3. The number of hydrogen-bond acceptors (Lipinski definition) is 3. The van der Waals surface area contributed by atoms with Crippen LogP contribution >= 0.6 is 22.9 Å². The Kier molecular flexibility index (Phi) is 4.83. The highest BCUT2D eigenvalue weighted by molar-refractivity contribution is 14.1. The third kappa shape index (κ3) is 4.76. The molecule has 0 fully saturated rings. The molecule has 0 radical (unpaired) electrons. The summed E-state index contributed by atoms with van der Waals surface area (Å²) in [6.45, 7) is 3.95. The number of hydrazine groups is 1. The zero-order valence-corrected chi connectivity index (χ0v) is 7.42. The van der Waals surface area contributed by atoms with Crippen LogP contribution in [0.2, 0.25) is 0 Å². The lowest BCUT2D eigenvalue weighted by molar-refractivity contribution is 0.270. The van der Waals surface area contributed by atoms with Gasteiger partial charge in [-0.05, 0) is 13.6 Å². The van der Waals surface area contributed by atoms with Gasteiger partial charge in [0, 0.05) is 22.9 Å². The first-order valence-corrected chi connectivity index (χ1v) is 3.50. The Morgan fingerprint density at radius 2 is 2.12 bits per heavy atom. The van der Waals surface area contributed by atoms with E-state index in [1.165, 1.54) is 0 Å². The molecule has 50 valence electrons. The average Bonchev–Trinajstić information content (AvgIpc) is 1.65. The van der Waals surface area contributed by atoms with Crippen molar-refractivity contribution in [2.75, 3.05) is 20.3 Å². The normalized spacial score (nSPS) is 11.2. The molecular formula is C4H12IN3. The van der Waals surface area contributed by atoms with Crippen LogP contribution in [0.1, 0.15) is 6.92 Å². The first-order valence-electron chi connectivity index (χ1n) is 2.53. The van der Waals surface area contributed by atoms with Crippen LogP contribution in [0.4, 0.5) is 0 Å². The van der Waals surface area contributed by atoms with Crippen LogP contribution in [0.3, 0.4) is 0 Å². The zero-order valence-electron chi connectivity index (χ0n) is 5.26. The second-order valence-electron chi connectivity index (χ2n) is 1.71. The summed E-state index contributed by atoms with van der Waals surface area (Å²) in [6.07, 6.45) is 0. The van der Waals surface area contributed by atoms with Crippen LogP contribution in [0, 0.1) is 0 Å². The van der Waals surface area contributed by atoms with E-state index in [0.717, 1.165) is 13.2 Å². The average molecular weight is 229 g/mol. The Morgan fingerprint density at radius 1 is 1.62 bits per heavy atom. The molecule has 0 bridgehead atoms. The van der Waals surface area contributed by atoms with Gasteiger partial charge in [-0.3, -0.25) is 10.7 Å². The Hall–Kier alpha value is 0.610. The topological polar surface area (TPSA) is 32.5 Å². The fraction of sp³-hybridized carbons (Fsp3) is 1.00. The number of halogens is 1. The lowest BCUT2D eigenvalue weighted by atomic mass is 10.7. The molecule has 0 atom stereocenters. The molecule has 0 heterocycles. The van der Waals surface area contributed by atoms with Gasteiger partial charge in [-0.25, -0.2) is 0 Å². The van der Waals surface area contributed by atoms with Crippen molar-refractivity contribution < 1.29 is 0 Å². The van der Waals surface area contributed by atoms with E-state index in [1.807, 2.05) is 7.05 Å². The lowest BCUT2D eigenvalue weighted by Crippen LogP contribution is -2.32. The van der Waals surface area contributed by atoms with E-state index in [1.54, 1.807) is 3.22 Å². The molecule has 0 aliphatic rings. The van der Waals surface area contributed by atoms with Crippen molar-refractivity contribution in [3.63, 3.8) is 0 Å². The van der Waals surface area contributed by atoms with E-state index in [2.05, 4.69) is 34.7 Å². The molecule has 0 saturated carbocycles. The van der Waals surface area contributed by atoms with E-state index in [9.17, 15) is 0 Å². The Balaban J connectivity index is 3.10. The van der Waals surface area contributed by atoms with Gasteiger partial charge in [0.05, 0.1) is 6.67 Å². The Bertz CT molecular complexity index is 57.2. The summed E-state index contributed by atoms with van der Waals surface area (Å²) in [5.41, 5.74) is 0. The van der Waals surface area contributed by atoms with Gasteiger partial charge in [0.25, 0.3) is 0 Å². The quantitative estimate of drug-likeness (QED) is 0.250. The number of nitrogens with two attached hydrogens (primary N) is 1. The summed E-state index contributed by atoms with van der Waals surface area (Å²) in [6, 6.07) is 0. The summed E-state index contributed by atoms with van der Waals surface area (Å²) in [7, 11) is 2.03. The molecule has 0 aliphatic carbocycles. The van der Waals surface area contributed by atoms with Crippen molar-refractivity contribution >= 4 is 22.9 Å². The lowest BCUT2D eigenvalue weighted by Gasteiger charge is -2.16. The molecule has 4 heteroatoms. The molecular weight excluding hydrogens is 217 g/mol. The minimum Gasteiger partial charge on any atom is -0.292 e. The van der Waals surface area contributed by atoms with Crippen molar-refractivity contribution in [2.24, 2.45) is 5.84 Å². The first-order chi connectivity index (χ1) is 3.66. The highest BCUT2D eigenvalue weighted by Crippen LogP contribution is 1.89. The van der Waals surface area contributed by atoms with E-state index >= 15 is 0 Å². The molecule has 0 aromatic carbocycles. The van der Waals surface area contributed by atoms with Crippen molar-refractivity contribution in [3.05, 3.63) is 0 Å². The summed E-state index contributed by atoms with van der Waals surface area (Å²) >= 11 is 2.05. The van der Waals surface area contributed by atoms with Crippen LogP contribution in [-0.4, -0.2) is 28.4 Å². The van der Waals surface area contributed by atoms with Crippen LogP contribution in [-0.2, 0) is 0 Å². The molecule has 0 amide bonds. The maximum absolute atomic E-state index is 5.35. The van der Waals surface area contributed by atoms with Crippen LogP contribution in [0.5, 0.6) is 0 Å². The van der Waals surface area contributed by atoms with Crippen LogP contribution in [0.15, 0.2) is 0 Å². The predicted molar refractivity (Wildman–Crippen MR) is 43.2 cm³/mol. The SMILES string of the molecule is CCN(C)CN(N)I. The summed E-state index contributed by atoms with van der Waals surface area (Å²) in [5, 5.41) is 0. The highest BCUT2D eigenvalue weighted by Gasteiger charge is 1.94. The molecule has 0 aliphatic heterocycles. The number of nitrogens with zero attached hydrogens (tertiary/aromatic N) is 2. The van der Waals surface area contributed by atoms with Gasteiger partial charge in [-0.2, -0.15) is 3.22 Å². The van der Waals surface area contributed by atoms with Crippen molar-refractivity contribution in [3.8, 4) is 0 Å². The van der Waals surface area contributed by atoms with Crippen molar-refractivity contribution in [1.82, 2.24) is 8.12 Å². The third-order valence-corrected chi connectivity index (χ3v) is 1.22. The van der Waals surface area contributed by atoms with E-state index < -0.39 is 0 Å². The first kappa shape index (κ1) is 8.61. The molecule has 2 N–H and O–H groups in total. The third-order valence-electron chi connectivity index (χ3n) is 0.916. The van der Waals surface area contributed by atoms with E-state index in [-0.39, 0.29) is 0 Å². The van der Waals surface area contributed by atoms with Gasteiger partial charge in [-0.1, -0.05) is 6.92 Å². The molecule has 0 aromatic heterocycles. The van der Waals surface area contributed by atoms with Crippen LogP contribution < -0.4 is 5.84 Å². The zero-order chi connectivity index (χ0) is 6.57. The van der Waals surface area contributed by atoms with Gasteiger partial charge < -0.3 is 0 Å². The fourth-order valence-corrected chi connectivity index (χ4v) is 0.851. The minimum absolute atomic E-state index is 0.817. The Morgan fingerprint density at radius 3 is 2.25 bits per heavy atom. The standard InChI is InChI=1S/C4H12IN3/c1-3-7(2)4-8(5)6/h3-4,6H2,1-2H3. The number of hydrogen-bond donors (Lipinski definition) is 1. The summed E-state index contributed by atoms with van der Waals surface area (Å²) < 4.78 is 1.63. The van der Waals surface area contributed by atoms with Crippen molar-refractivity contribution in [1.29, 1.82) is 0 Å². The van der Waals surface area contributed by atoms with Gasteiger partial charge >= 0.3 is 0 Å². The van der Waals surface area contributed by atoms with Crippen molar-refractivity contribution in [2.45, 2.75) is 6.92 Å². The van der Waals surface area contributed by atoms with Gasteiger partial charge in [0.15, 0.2) is 0 Å².